The van der Waals surface area contributed by atoms with Gasteiger partial charge in [-0.2, -0.15) is 0 Å². The van der Waals surface area contributed by atoms with E-state index < -0.39 is 0 Å². The van der Waals surface area contributed by atoms with Gasteiger partial charge in [-0.15, -0.1) is 22.7 Å². The van der Waals surface area contributed by atoms with Gasteiger partial charge in [-0.25, -0.2) is 0 Å². The minimum atomic E-state index is 0.884. The van der Waals surface area contributed by atoms with Crippen LogP contribution >= 0.6 is 38.6 Å². The summed E-state index contributed by atoms with van der Waals surface area (Å²) in [5, 5.41) is 2.11. The van der Waals surface area contributed by atoms with Gasteiger partial charge in [0.25, 0.3) is 0 Å². The zero-order valence-electron chi connectivity index (χ0n) is 10.2. The van der Waals surface area contributed by atoms with Gasteiger partial charge >= 0.3 is 0 Å². The van der Waals surface area contributed by atoms with E-state index in [9.17, 15) is 0 Å². The molecule has 0 aliphatic carbocycles. The predicted molar refractivity (Wildman–Crippen MR) is 87.3 cm³/mol. The van der Waals surface area contributed by atoms with Crippen LogP contribution in [0, 0.1) is 0 Å². The molecule has 4 heteroatoms. The maximum absolute atomic E-state index is 5.19. The molecule has 0 bridgehead atoms. The van der Waals surface area contributed by atoms with Crippen LogP contribution in [0.3, 0.4) is 0 Å². The van der Waals surface area contributed by atoms with Gasteiger partial charge in [0.1, 0.15) is 5.75 Å². The molecule has 3 rings (SSSR count). The van der Waals surface area contributed by atoms with Crippen molar-refractivity contribution in [3.63, 3.8) is 0 Å². The summed E-state index contributed by atoms with van der Waals surface area (Å²) in [6, 6.07) is 14.6. The molecule has 0 aliphatic heterocycles. The van der Waals surface area contributed by atoms with E-state index >= 15 is 0 Å². The lowest BCUT2D eigenvalue weighted by atomic mass is 10.2. The number of ether oxygens (including phenoxy) is 1. The van der Waals surface area contributed by atoms with Gasteiger partial charge < -0.3 is 4.74 Å². The molecular formula is C15H11BrOS2. The number of benzene rings is 1. The first kappa shape index (κ1) is 12.9. The number of methoxy groups -OCH3 is 1. The van der Waals surface area contributed by atoms with Crippen molar-refractivity contribution in [1.82, 2.24) is 0 Å². The van der Waals surface area contributed by atoms with Crippen molar-refractivity contribution in [3.05, 3.63) is 52.3 Å². The maximum atomic E-state index is 5.19. The van der Waals surface area contributed by atoms with Crippen molar-refractivity contribution < 1.29 is 4.74 Å². The molecule has 2 heterocycles. The molecule has 19 heavy (non-hydrogen) atoms. The van der Waals surface area contributed by atoms with Gasteiger partial charge in [0.2, 0.25) is 0 Å². The molecule has 0 saturated heterocycles. The minimum absolute atomic E-state index is 0.884. The van der Waals surface area contributed by atoms with Crippen molar-refractivity contribution in [3.8, 4) is 25.9 Å². The SMILES string of the molecule is COc1ccc(-c2sc(-c3cccs3)cc2Br)cc1. The van der Waals surface area contributed by atoms with Crippen LogP contribution in [0.15, 0.2) is 52.3 Å². The van der Waals surface area contributed by atoms with Gasteiger partial charge in [-0.3, -0.25) is 0 Å². The lowest BCUT2D eigenvalue weighted by Gasteiger charge is -2.01. The summed E-state index contributed by atoms with van der Waals surface area (Å²) in [6.07, 6.45) is 0. The largest absolute Gasteiger partial charge is 0.497 e. The van der Waals surface area contributed by atoms with Crippen LogP contribution in [0.25, 0.3) is 20.2 Å². The minimum Gasteiger partial charge on any atom is -0.497 e. The second-order valence-corrected chi connectivity index (χ2v) is 6.85. The van der Waals surface area contributed by atoms with Crippen molar-refractivity contribution >= 4 is 38.6 Å². The molecule has 0 spiro atoms. The molecule has 3 aromatic rings. The third kappa shape index (κ3) is 2.61. The molecule has 0 atom stereocenters. The summed E-state index contributed by atoms with van der Waals surface area (Å²) in [5.41, 5.74) is 1.21. The number of thiophene rings is 2. The molecule has 1 nitrogen and oxygen atoms in total. The normalized spacial score (nSPS) is 10.6. The number of rotatable bonds is 3. The first-order valence-electron chi connectivity index (χ1n) is 5.75. The Morgan fingerprint density at radius 3 is 2.47 bits per heavy atom. The Bertz CT molecular complexity index is 669. The number of hydrogen-bond acceptors (Lipinski definition) is 3. The van der Waals surface area contributed by atoms with Crippen LogP contribution in [0.1, 0.15) is 0 Å². The smallest absolute Gasteiger partial charge is 0.118 e. The van der Waals surface area contributed by atoms with E-state index in [1.807, 2.05) is 12.1 Å². The van der Waals surface area contributed by atoms with Crippen molar-refractivity contribution in [2.75, 3.05) is 7.11 Å². The van der Waals surface area contributed by atoms with Crippen molar-refractivity contribution in [2.45, 2.75) is 0 Å². The van der Waals surface area contributed by atoms with E-state index in [0.717, 1.165) is 10.2 Å². The van der Waals surface area contributed by atoms with E-state index in [-0.39, 0.29) is 0 Å². The van der Waals surface area contributed by atoms with E-state index in [2.05, 4.69) is 51.6 Å². The van der Waals surface area contributed by atoms with Crippen LogP contribution in [0.5, 0.6) is 5.75 Å². The van der Waals surface area contributed by atoms with Gasteiger partial charge in [-0.05, 0) is 63.3 Å². The highest BCUT2D eigenvalue weighted by Crippen LogP contribution is 2.42. The Balaban J connectivity index is 2.00. The van der Waals surface area contributed by atoms with Crippen LogP contribution in [-0.4, -0.2) is 7.11 Å². The van der Waals surface area contributed by atoms with E-state index in [4.69, 9.17) is 4.74 Å². The monoisotopic (exact) mass is 350 g/mol. The van der Waals surface area contributed by atoms with E-state index in [1.165, 1.54) is 20.2 Å². The molecule has 0 unspecified atom stereocenters. The quantitative estimate of drug-likeness (QED) is 0.570. The fraction of sp³-hybridized carbons (Fsp3) is 0.0667. The van der Waals surface area contributed by atoms with Gasteiger partial charge in [0.15, 0.2) is 0 Å². The third-order valence-corrected chi connectivity index (χ3v) is 5.94. The van der Waals surface area contributed by atoms with Gasteiger partial charge in [-0.1, -0.05) is 6.07 Å². The Hall–Kier alpha value is -1.10. The lowest BCUT2D eigenvalue weighted by molar-refractivity contribution is 0.415. The Morgan fingerprint density at radius 1 is 1.05 bits per heavy atom. The highest BCUT2D eigenvalue weighted by Gasteiger charge is 2.11. The van der Waals surface area contributed by atoms with Gasteiger partial charge in [0, 0.05) is 19.1 Å². The van der Waals surface area contributed by atoms with E-state index in [1.54, 1.807) is 29.8 Å². The zero-order valence-corrected chi connectivity index (χ0v) is 13.4. The summed E-state index contributed by atoms with van der Waals surface area (Å²) in [6.45, 7) is 0. The molecule has 0 amide bonds. The average molecular weight is 351 g/mol. The fourth-order valence-corrected chi connectivity index (χ4v) is 4.58. The molecule has 0 N–H and O–H groups in total. The first-order valence-corrected chi connectivity index (χ1v) is 8.24. The van der Waals surface area contributed by atoms with Crippen molar-refractivity contribution in [1.29, 1.82) is 0 Å². The van der Waals surface area contributed by atoms with Crippen LogP contribution in [0.2, 0.25) is 0 Å². The summed E-state index contributed by atoms with van der Waals surface area (Å²) in [5.74, 6) is 0.884. The Labute approximate surface area is 128 Å². The average Bonchev–Trinajstić information content (AvgIpc) is 3.08. The molecule has 1 aromatic carbocycles. The molecular weight excluding hydrogens is 340 g/mol. The maximum Gasteiger partial charge on any atom is 0.118 e. The first-order chi connectivity index (χ1) is 9.28. The summed E-state index contributed by atoms with van der Waals surface area (Å²) >= 11 is 7.23. The predicted octanol–water partition coefficient (Wildman–Crippen LogP) is 5.91. The van der Waals surface area contributed by atoms with Gasteiger partial charge in [0.05, 0.1) is 7.11 Å². The number of hydrogen-bond donors (Lipinski definition) is 0. The van der Waals surface area contributed by atoms with Crippen LogP contribution in [-0.2, 0) is 0 Å². The van der Waals surface area contributed by atoms with Crippen LogP contribution in [0.4, 0.5) is 0 Å². The second kappa shape index (κ2) is 5.49. The molecule has 96 valence electrons. The molecule has 2 aromatic heterocycles. The van der Waals surface area contributed by atoms with E-state index in [0.29, 0.717) is 0 Å². The third-order valence-electron chi connectivity index (χ3n) is 2.80. The van der Waals surface area contributed by atoms with Crippen LogP contribution < -0.4 is 4.74 Å². The van der Waals surface area contributed by atoms with Crippen molar-refractivity contribution in [2.24, 2.45) is 0 Å². The fourth-order valence-electron chi connectivity index (χ4n) is 1.85. The lowest BCUT2D eigenvalue weighted by Crippen LogP contribution is -1.81. The Morgan fingerprint density at radius 2 is 1.84 bits per heavy atom. The molecule has 0 radical (unpaired) electrons. The Kier molecular flexibility index (Phi) is 3.73. The summed E-state index contributed by atoms with van der Waals surface area (Å²) < 4.78 is 6.34. The summed E-state index contributed by atoms with van der Waals surface area (Å²) in [7, 11) is 1.69. The highest BCUT2D eigenvalue weighted by atomic mass is 79.9. The molecule has 0 saturated carbocycles. The number of halogens is 1. The molecule has 0 fully saturated rings. The molecule has 0 aliphatic rings. The zero-order chi connectivity index (χ0) is 13.2. The highest BCUT2D eigenvalue weighted by molar-refractivity contribution is 9.10. The second-order valence-electron chi connectivity index (χ2n) is 3.99. The topological polar surface area (TPSA) is 9.23 Å². The standard InChI is InChI=1S/C15H11BrOS2/c1-17-11-6-4-10(5-7-11)15-12(16)9-14(19-15)13-3-2-8-18-13/h2-9H,1H3. The summed E-state index contributed by atoms with van der Waals surface area (Å²) in [4.78, 5) is 3.87.